The van der Waals surface area contributed by atoms with Crippen LogP contribution in [0.3, 0.4) is 0 Å². The molecular weight excluding hydrogens is 579 g/mol. The van der Waals surface area contributed by atoms with Crippen LogP contribution in [0.5, 0.6) is 11.5 Å². The van der Waals surface area contributed by atoms with Gasteiger partial charge in [0.25, 0.3) is 5.91 Å². The normalized spacial score (nSPS) is 20.4. The predicted octanol–water partition coefficient (Wildman–Crippen LogP) is 7.10. The first kappa shape index (κ1) is 30.6. The van der Waals surface area contributed by atoms with Crippen molar-refractivity contribution < 1.29 is 23.5 Å². The summed E-state index contributed by atoms with van der Waals surface area (Å²) in [4.78, 5) is 27.7. The molecule has 3 aliphatic rings. The van der Waals surface area contributed by atoms with Crippen molar-refractivity contribution in [2.24, 2.45) is 11.3 Å². The Balaban J connectivity index is 1.21. The van der Waals surface area contributed by atoms with Crippen molar-refractivity contribution in [1.82, 2.24) is 20.4 Å². The monoisotopic (exact) mass is 620 g/mol. The van der Waals surface area contributed by atoms with Crippen LogP contribution in [0, 0.1) is 17.2 Å². The molecule has 1 aromatic heterocycles. The maximum Gasteiger partial charge on any atom is 0.254 e. The van der Waals surface area contributed by atoms with Crippen LogP contribution in [0.4, 0.5) is 4.39 Å². The lowest BCUT2D eigenvalue weighted by Crippen LogP contribution is -2.42. The van der Waals surface area contributed by atoms with E-state index in [9.17, 15) is 9.59 Å². The number of hydrogen-bond donors (Lipinski definition) is 1. The number of nitrogens with zero attached hydrogens (tertiary/aromatic N) is 3. The molecule has 2 amide bonds. The Morgan fingerprint density at radius 3 is 2.50 bits per heavy atom. The first-order valence-electron chi connectivity index (χ1n) is 15.8. The van der Waals surface area contributed by atoms with Gasteiger partial charge < -0.3 is 19.7 Å². The minimum Gasteiger partial charge on any atom is -0.457 e. The molecule has 1 unspecified atom stereocenters. The van der Waals surface area contributed by atoms with Gasteiger partial charge in [-0.25, -0.2) is 4.39 Å². The van der Waals surface area contributed by atoms with Gasteiger partial charge in [-0.15, -0.1) is 10.2 Å². The fraction of sp³-hybridized carbons (Fsp3) is 0.529. The molecule has 0 bridgehead atoms. The van der Waals surface area contributed by atoms with Gasteiger partial charge in [-0.2, -0.15) is 0 Å². The summed E-state index contributed by atoms with van der Waals surface area (Å²) in [7, 11) is 0. The van der Waals surface area contributed by atoms with Gasteiger partial charge in [-0.1, -0.05) is 32.1 Å². The summed E-state index contributed by atoms with van der Waals surface area (Å²) >= 11 is 1.56. The Morgan fingerprint density at radius 2 is 1.86 bits per heavy atom. The topological polar surface area (TPSA) is 93.7 Å². The van der Waals surface area contributed by atoms with Crippen molar-refractivity contribution in [3.63, 3.8) is 0 Å². The third kappa shape index (κ3) is 6.81. The highest BCUT2D eigenvalue weighted by molar-refractivity contribution is 7.14. The highest BCUT2D eigenvalue weighted by Crippen LogP contribution is 2.44. The standard InChI is InChI=1S/C34H41FN4O4S/c1-21(2)32-37-38-33(44-32)23-4-6-26(7-5-23)43-29-18-27(28(35)17-24(29)20-39-19-22(3)16-30(39)40)31(41)36-25-8-10-34(11-9-25)12-14-42-15-13-34/h4-7,17-18,21-22,25H,8-16,19-20H2,1-3H3,(H,36,41). The minimum absolute atomic E-state index is 0.00670. The zero-order chi connectivity index (χ0) is 30.8. The molecule has 3 fully saturated rings. The summed E-state index contributed by atoms with van der Waals surface area (Å²) in [6.45, 7) is 8.64. The second kappa shape index (κ2) is 12.9. The molecule has 44 heavy (non-hydrogen) atoms. The Kier molecular flexibility index (Phi) is 9.01. The van der Waals surface area contributed by atoms with E-state index in [2.05, 4.69) is 29.4 Å². The van der Waals surface area contributed by atoms with Crippen LogP contribution in [0.1, 0.15) is 92.6 Å². The van der Waals surface area contributed by atoms with E-state index in [-0.39, 0.29) is 30.0 Å². The summed E-state index contributed by atoms with van der Waals surface area (Å²) in [5.41, 5.74) is 1.71. The van der Waals surface area contributed by atoms with Crippen LogP contribution in [0.25, 0.3) is 10.6 Å². The second-order valence-corrected chi connectivity index (χ2v) is 14.1. The Labute approximate surface area is 262 Å². The smallest absolute Gasteiger partial charge is 0.254 e. The Morgan fingerprint density at radius 1 is 1.14 bits per heavy atom. The predicted molar refractivity (Wildman–Crippen MR) is 167 cm³/mol. The van der Waals surface area contributed by atoms with Crippen LogP contribution in [-0.2, 0) is 16.1 Å². The van der Waals surface area contributed by atoms with E-state index in [1.807, 2.05) is 31.2 Å². The second-order valence-electron chi connectivity index (χ2n) is 13.1. The minimum atomic E-state index is -0.617. The van der Waals surface area contributed by atoms with Gasteiger partial charge in [-0.3, -0.25) is 9.59 Å². The number of rotatable bonds is 8. The van der Waals surface area contributed by atoms with Crippen LogP contribution in [-0.4, -0.2) is 52.7 Å². The molecule has 2 aromatic carbocycles. The molecule has 234 valence electrons. The summed E-state index contributed by atoms with van der Waals surface area (Å²) < 4.78 is 27.4. The average molecular weight is 621 g/mol. The third-order valence-electron chi connectivity index (χ3n) is 9.36. The van der Waals surface area contributed by atoms with Crippen molar-refractivity contribution in [3.05, 3.63) is 58.3 Å². The summed E-state index contributed by atoms with van der Waals surface area (Å²) in [5, 5.41) is 13.5. The average Bonchev–Trinajstić information content (AvgIpc) is 3.63. The van der Waals surface area contributed by atoms with E-state index in [0.717, 1.165) is 67.3 Å². The largest absolute Gasteiger partial charge is 0.457 e. The van der Waals surface area contributed by atoms with Gasteiger partial charge in [-0.05, 0) is 86.3 Å². The molecule has 3 heterocycles. The van der Waals surface area contributed by atoms with Gasteiger partial charge in [0, 0.05) is 55.8 Å². The maximum absolute atomic E-state index is 15.6. The molecule has 0 radical (unpaired) electrons. The SMILES string of the molecule is CC1CC(=O)N(Cc2cc(F)c(C(=O)NC3CCC4(CCOCC4)CC3)cc2Oc2ccc(-c3nnc(C(C)C)s3)cc2)C1. The number of carbonyl (C=O) groups excluding carboxylic acids is 2. The molecule has 2 aliphatic heterocycles. The molecule has 1 saturated carbocycles. The van der Waals surface area contributed by atoms with Crippen LogP contribution in [0.2, 0.25) is 0 Å². The first-order valence-corrected chi connectivity index (χ1v) is 16.6. The molecule has 1 N–H and O–H groups in total. The zero-order valence-corrected chi connectivity index (χ0v) is 26.6. The number of amides is 2. The lowest BCUT2D eigenvalue weighted by Gasteiger charge is -2.42. The van der Waals surface area contributed by atoms with Crippen LogP contribution in [0.15, 0.2) is 36.4 Å². The molecule has 8 nitrogen and oxygen atoms in total. The highest BCUT2D eigenvalue weighted by Gasteiger charge is 2.37. The van der Waals surface area contributed by atoms with Gasteiger partial charge in [0.1, 0.15) is 27.3 Å². The van der Waals surface area contributed by atoms with E-state index < -0.39 is 11.7 Å². The van der Waals surface area contributed by atoms with Gasteiger partial charge in [0.2, 0.25) is 5.91 Å². The molecule has 10 heteroatoms. The van der Waals surface area contributed by atoms with Crippen LogP contribution >= 0.6 is 11.3 Å². The number of ether oxygens (including phenoxy) is 2. The summed E-state index contributed by atoms with van der Waals surface area (Å²) in [6.07, 6.45) is 6.47. The van der Waals surface area contributed by atoms with E-state index in [4.69, 9.17) is 9.47 Å². The number of aromatic nitrogens is 2. The maximum atomic E-state index is 15.6. The lowest BCUT2D eigenvalue weighted by atomic mass is 9.68. The Hall–Kier alpha value is -3.37. The summed E-state index contributed by atoms with van der Waals surface area (Å²) in [5.74, 6) is 0.420. The van der Waals surface area contributed by atoms with Crippen molar-refractivity contribution >= 4 is 23.2 Å². The number of nitrogens with one attached hydrogen (secondary N) is 1. The fourth-order valence-electron chi connectivity index (χ4n) is 6.63. The first-order chi connectivity index (χ1) is 21.2. The van der Waals surface area contributed by atoms with Gasteiger partial charge in [0.15, 0.2) is 0 Å². The van der Waals surface area contributed by atoms with Crippen molar-refractivity contribution in [3.8, 4) is 22.1 Å². The van der Waals surface area contributed by atoms with E-state index in [1.54, 1.807) is 16.2 Å². The fourth-order valence-corrected chi connectivity index (χ4v) is 7.49. The quantitative estimate of drug-likeness (QED) is 0.289. The number of likely N-dealkylation sites (tertiary alicyclic amines) is 1. The van der Waals surface area contributed by atoms with E-state index in [0.29, 0.717) is 41.4 Å². The highest BCUT2D eigenvalue weighted by atomic mass is 32.1. The van der Waals surface area contributed by atoms with Gasteiger partial charge in [0.05, 0.1) is 5.56 Å². The molecule has 3 aromatic rings. The molecule has 1 spiro atoms. The van der Waals surface area contributed by atoms with E-state index >= 15 is 4.39 Å². The van der Waals surface area contributed by atoms with Crippen molar-refractivity contribution in [2.45, 2.75) is 84.2 Å². The molecule has 1 aliphatic carbocycles. The van der Waals surface area contributed by atoms with E-state index in [1.165, 1.54) is 12.1 Å². The number of benzene rings is 2. The van der Waals surface area contributed by atoms with Crippen LogP contribution < -0.4 is 10.1 Å². The summed E-state index contributed by atoms with van der Waals surface area (Å²) in [6, 6.07) is 10.3. The Bertz CT molecular complexity index is 1490. The zero-order valence-electron chi connectivity index (χ0n) is 25.7. The van der Waals surface area contributed by atoms with Gasteiger partial charge >= 0.3 is 0 Å². The third-order valence-corrected chi connectivity index (χ3v) is 10.6. The molecule has 1 atom stereocenters. The number of hydrogen-bond acceptors (Lipinski definition) is 7. The molecule has 6 rings (SSSR count). The van der Waals surface area contributed by atoms with Crippen molar-refractivity contribution in [1.29, 1.82) is 0 Å². The molecule has 2 saturated heterocycles. The lowest BCUT2D eigenvalue weighted by molar-refractivity contribution is -0.128. The number of halogens is 1. The molecular formula is C34H41FN4O4S. The van der Waals surface area contributed by atoms with Crippen molar-refractivity contribution in [2.75, 3.05) is 19.8 Å². The number of carbonyl (C=O) groups is 2.